The molecule has 3 aromatic rings. The Bertz CT molecular complexity index is 1260. The summed E-state index contributed by atoms with van der Waals surface area (Å²) >= 11 is 6.57. The summed E-state index contributed by atoms with van der Waals surface area (Å²) in [5.74, 6) is 0.649. The first-order valence-electron chi connectivity index (χ1n) is 11.8. The van der Waals surface area contributed by atoms with Gasteiger partial charge in [-0.2, -0.15) is 0 Å². The second-order valence-corrected chi connectivity index (χ2v) is 10.1. The van der Waals surface area contributed by atoms with Crippen molar-refractivity contribution in [2.24, 2.45) is 23.5 Å². The highest BCUT2D eigenvalue weighted by atomic mass is 35.5. The number of H-pyrrole nitrogens is 1. The Morgan fingerprint density at radius 3 is 2.62 bits per heavy atom. The second kappa shape index (κ2) is 8.29. The standard InChI is InChI=1S/C25H28ClN7O/c1-32-8-10-33(11-9-32)17-6-4-14(5-7-17)24-30-22-21(18(26)13-28-25(22)31-24)29-20-16-3-2-15(12-16)19(20)23(27)34/h2-7,13,15-16,19-20H,8-12H2,1H3,(H2,27,34)(H2,28,29,30,31). The fourth-order valence-electron chi connectivity index (χ4n) is 5.68. The molecule has 176 valence electrons. The summed E-state index contributed by atoms with van der Waals surface area (Å²) in [6.07, 6.45) is 6.83. The lowest BCUT2D eigenvalue weighted by Gasteiger charge is -2.34. The Labute approximate surface area is 203 Å². The van der Waals surface area contributed by atoms with Crippen LogP contribution in [-0.2, 0) is 4.79 Å². The van der Waals surface area contributed by atoms with Crippen molar-refractivity contribution in [2.75, 3.05) is 43.4 Å². The molecule has 34 heavy (non-hydrogen) atoms. The molecule has 4 atom stereocenters. The molecule has 0 radical (unpaired) electrons. The van der Waals surface area contributed by atoms with E-state index >= 15 is 0 Å². The van der Waals surface area contributed by atoms with Crippen molar-refractivity contribution in [3.63, 3.8) is 0 Å². The fourth-order valence-corrected chi connectivity index (χ4v) is 5.88. The summed E-state index contributed by atoms with van der Waals surface area (Å²) in [5.41, 5.74) is 9.99. The number of rotatable bonds is 5. The molecule has 1 aliphatic heterocycles. The van der Waals surface area contributed by atoms with E-state index in [1.54, 1.807) is 6.20 Å². The number of benzene rings is 1. The first-order valence-corrected chi connectivity index (χ1v) is 12.2. The predicted octanol–water partition coefficient (Wildman–Crippen LogP) is 3.12. The number of aromatic nitrogens is 3. The average Bonchev–Trinajstić information content (AvgIpc) is 3.56. The number of imidazole rings is 1. The largest absolute Gasteiger partial charge is 0.378 e. The minimum atomic E-state index is -0.276. The number of allylic oxidation sites excluding steroid dienone is 1. The van der Waals surface area contributed by atoms with Crippen LogP contribution < -0.4 is 16.0 Å². The minimum Gasteiger partial charge on any atom is -0.378 e. The number of primary amides is 1. The summed E-state index contributed by atoms with van der Waals surface area (Å²) in [7, 11) is 2.16. The van der Waals surface area contributed by atoms with Crippen LogP contribution >= 0.6 is 11.6 Å². The number of pyridine rings is 1. The first kappa shape index (κ1) is 21.4. The number of aromatic amines is 1. The fraction of sp³-hybridized carbons (Fsp3) is 0.400. The maximum absolute atomic E-state index is 12.2. The van der Waals surface area contributed by atoms with Crippen molar-refractivity contribution in [3.8, 4) is 11.4 Å². The minimum absolute atomic E-state index is 0.0924. The molecule has 2 aromatic heterocycles. The van der Waals surface area contributed by atoms with E-state index in [2.05, 4.69) is 68.5 Å². The quantitative estimate of drug-likeness (QED) is 0.488. The van der Waals surface area contributed by atoms with E-state index in [1.165, 1.54) is 5.69 Å². The number of nitrogens with zero attached hydrogens (tertiary/aromatic N) is 4. The van der Waals surface area contributed by atoms with Crippen molar-refractivity contribution in [3.05, 3.63) is 47.6 Å². The number of anilines is 2. The number of amides is 1. The number of nitrogens with two attached hydrogens (primary N) is 1. The van der Waals surface area contributed by atoms with Crippen molar-refractivity contribution in [1.82, 2.24) is 19.9 Å². The van der Waals surface area contributed by atoms with E-state index < -0.39 is 0 Å². The smallest absolute Gasteiger partial charge is 0.223 e. The molecule has 2 bridgehead atoms. The van der Waals surface area contributed by atoms with E-state index in [9.17, 15) is 4.79 Å². The maximum Gasteiger partial charge on any atom is 0.223 e. The summed E-state index contributed by atoms with van der Waals surface area (Å²) in [5, 5.41) is 4.02. The van der Waals surface area contributed by atoms with E-state index in [4.69, 9.17) is 22.3 Å². The Kier molecular flexibility index (Phi) is 5.22. The van der Waals surface area contributed by atoms with Gasteiger partial charge >= 0.3 is 0 Å². The number of fused-ring (bicyclic) bond motifs is 3. The molecule has 1 saturated heterocycles. The molecule has 4 N–H and O–H groups in total. The van der Waals surface area contributed by atoms with Crippen molar-refractivity contribution < 1.29 is 4.79 Å². The van der Waals surface area contributed by atoms with Gasteiger partial charge in [-0.3, -0.25) is 4.79 Å². The number of carbonyl (C=O) groups excluding carboxylic acids is 1. The average molecular weight is 478 g/mol. The van der Waals surface area contributed by atoms with Crippen LogP contribution in [0.15, 0.2) is 42.6 Å². The van der Waals surface area contributed by atoms with Gasteiger partial charge in [0.15, 0.2) is 5.65 Å². The van der Waals surface area contributed by atoms with Crippen LogP contribution in [0.4, 0.5) is 11.4 Å². The topological polar surface area (TPSA) is 103 Å². The van der Waals surface area contributed by atoms with E-state index in [1.807, 2.05) is 0 Å². The monoisotopic (exact) mass is 477 g/mol. The summed E-state index contributed by atoms with van der Waals surface area (Å²) in [6, 6.07) is 8.37. The number of likely N-dealkylation sites (N-methyl/N-ethyl adjacent to an activating group) is 1. The van der Waals surface area contributed by atoms with Gasteiger partial charge in [-0.1, -0.05) is 23.8 Å². The maximum atomic E-state index is 12.2. The zero-order valence-electron chi connectivity index (χ0n) is 19.0. The lowest BCUT2D eigenvalue weighted by atomic mass is 9.88. The Balaban J connectivity index is 1.29. The number of nitrogens with one attached hydrogen (secondary N) is 2. The van der Waals surface area contributed by atoms with Gasteiger partial charge in [0.05, 0.1) is 22.8 Å². The number of piperazine rings is 1. The van der Waals surface area contributed by atoms with Gasteiger partial charge in [-0.15, -0.1) is 0 Å². The molecule has 2 fully saturated rings. The summed E-state index contributed by atoms with van der Waals surface area (Å²) in [4.78, 5) is 29.5. The van der Waals surface area contributed by atoms with Gasteiger partial charge in [-0.05, 0) is 49.6 Å². The Morgan fingerprint density at radius 1 is 1.15 bits per heavy atom. The third-order valence-corrected chi connectivity index (χ3v) is 7.87. The number of carbonyl (C=O) groups is 1. The number of hydrogen-bond donors (Lipinski definition) is 3. The summed E-state index contributed by atoms with van der Waals surface area (Å²) in [6.45, 7) is 4.20. The molecule has 6 rings (SSSR count). The predicted molar refractivity (Wildman–Crippen MR) is 135 cm³/mol. The third kappa shape index (κ3) is 3.61. The highest BCUT2D eigenvalue weighted by Crippen LogP contribution is 2.46. The van der Waals surface area contributed by atoms with Crippen molar-refractivity contribution in [2.45, 2.75) is 12.5 Å². The molecule has 2 aliphatic carbocycles. The SMILES string of the molecule is CN1CCN(c2ccc(-c3nc4ncc(Cl)c(NC5C6C=CC(C6)C5C(N)=O)c4[nH]3)cc2)CC1. The zero-order chi connectivity index (χ0) is 23.4. The van der Waals surface area contributed by atoms with Crippen LogP contribution in [0.5, 0.6) is 0 Å². The van der Waals surface area contributed by atoms with Crippen LogP contribution in [0.2, 0.25) is 5.02 Å². The van der Waals surface area contributed by atoms with Gasteiger partial charge in [0.2, 0.25) is 5.91 Å². The summed E-state index contributed by atoms with van der Waals surface area (Å²) < 4.78 is 0. The van der Waals surface area contributed by atoms with Crippen LogP contribution in [0.25, 0.3) is 22.6 Å². The Morgan fingerprint density at radius 2 is 1.88 bits per heavy atom. The Hall–Kier alpha value is -3.10. The van der Waals surface area contributed by atoms with Crippen LogP contribution in [0.1, 0.15) is 6.42 Å². The van der Waals surface area contributed by atoms with E-state index in [0.29, 0.717) is 10.7 Å². The highest BCUT2D eigenvalue weighted by molar-refractivity contribution is 6.34. The molecule has 1 aromatic carbocycles. The molecular weight excluding hydrogens is 450 g/mol. The van der Waals surface area contributed by atoms with Crippen LogP contribution in [0.3, 0.4) is 0 Å². The van der Waals surface area contributed by atoms with Crippen LogP contribution in [0, 0.1) is 17.8 Å². The normalized spacial score (nSPS) is 26.5. The van der Waals surface area contributed by atoms with E-state index in [-0.39, 0.29) is 29.7 Å². The molecule has 1 amide bonds. The molecule has 8 nitrogen and oxygen atoms in total. The van der Waals surface area contributed by atoms with Gasteiger partial charge in [0, 0.05) is 43.5 Å². The second-order valence-electron chi connectivity index (χ2n) is 9.65. The van der Waals surface area contributed by atoms with Crippen molar-refractivity contribution in [1.29, 1.82) is 0 Å². The lowest BCUT2D eigenvalue weighted by molar-refractivity contribution is -0.122. The lowest BCUT2D eigenvalue weighted by Crippen LogP contribution is -2.44. The van der Waals surface area contributed by atoms with Gasteiger partial charge in [-0.25, -0.2) is 9.97 Å². The van der Waals surface area contributed by atoms with Crippen LogP contribution in [-0.4, -0.2) is 65.0 Å². The zero-order valence-corrected chi connectivity index (χ0v) is 19.8. The number of halogens is 1. The first-order chi connectivity index (χ1) is 16.5. The third-order valence-electron chi connectivity index (χ3n) is 7.58. The van der Waals surface area contributed by atoms with Crippen molar-refractivity contribution >= 4 is 40.0 Å². The number of hydrogen-bond acceptors (Lipinski definition) is 6. The molecule has 1 saturated carbocycles. The molecule has 0 spiro atoms. The van der Waals surface area contributed by atoms with Gasteiger partial charge in [0.25, 0.3) is 0 Å². The van der Waals surface area contributed by atoms with E-state index in [0.717, 1.165) is 55.2 Å². The molecule has 9 heteroatoms. The van der Waals surface area contributed by atoms with Gasteiger partial charge < -0.3 is 25.8 Å². The molecule has 3 heterocycles. The molecule has 3 aliphatic rings. The van der Waals surface area contributed by atoms with Gasteiger partial charge in [0.1, 0.15) is 11.3 Å². The molecule has 4 unspecified atom stereocenters. The highest BCUT2D eigenvalue weighted by Gasteiger charge is 2.47. The molecular formula is C25H28ClN7O.